The van der Waals surface area contributed by atoms with E-state index in [-0.39, 0.29) is 24.4 Å². The van der Waals surface area contributed by atoms with E-state index < -0.39 is 17.9 Å². The molecule has 0 aromatic carbocycles. The quantitative estimate of drug-likeness (QED) is 0.500. The van der Waals surface area contributed by atoms with Gasteiger partial charge in [0.25, 0.3) is 0 Å². The monoisotopic (exact) mass is 271 g/mol. The second-order valence-electron chi connectivity index (χ2n) is 4.99. The highest BCUT2D eigenvalue weighted by Crippen LogP contribution is 2.04. The van der Waals surface area contributed by atoms with Gasteiger partial charge in [0.1, 0.15) is 6.04 Å². The first kappa shape index (κ1) is 15.4. The molecule has 0 aliphatic carbocycles. The van der Waals surface area contributed by atoms with Gasteiger partial charge in [-0.1, -0.05) is 13.8 Å². The summed E-state index contributed by atoms with van der Waals surface area (Å²) in [5.41, 5.74) is 0. The molecule has 0 aromatic rings. The molecule has 1 saturated heterocycles. The summed E-state index contributed by atoms with van der Waals surface area (Å²) in [4.78, 5) is 34.1. The molecule has 0 saturated carbocycles. The van der Waals surface area contributed by atoms with E-state index in [1.807, 2.05) is 0 Å². The van der Waals surface area contributed by atoms with Crippen LogP contribution in [0.25, 0.3) is 0 Å². The van der Waals surface area contributed by atoms with Gasteiger partial charge in [-0.15, -0.1) is 0 Å². The molecule has 4 N–H and O–H groups in total. The van der Waals surface area contributed by atoms with Crippen LogP contribution < -0.4 is 16.0 Å². The van der Waals surface area contributed by atoms with Gasteiger partial charge in [-0.3, -0.25) is 9.59 Å². The van der Waals surface area contributed by atoms with Crippen molar-refractivity contribution in [3.05, 3.63) is 0 Å². The number of aliphatic carboxylic acids is 1. The third-order valence-corrected chi connectivity index (χ3v) is 3.05. The number of nitrogens with one attached hydrogen (secondary N) is 3. The number of carbonyl (C=O) groups is 3. The molecule has 108 valence electrons. The summed E-state index contributed by atoms with van der Waals surface area (Å²) in [6.07, 6.45) is 1.70. The number of carboxylic acid groups (broad SMARTS) is 1. The fraction of sp³-hybridized carbons (Fsp3) is 0.750. The first-order valence-electron chi connectivity index (χ1n) is 6.45. The maximum atomic E-state index is 11.6. The van der Waals surface area contributed by atoms with Crippen LogP contribution in [-0.4, -0.2) is 48.1 Å². The Bertz CT molecular complexity index is 351. The molecule has 7 nitrogen and oxygen atoms in total. The van der Waals surface area contributed by atoms with Crippen molar-refractivity contribution in [2.45, 2.75) is 38.8 Å². The third kappa shape index (κ3) is 4.86. The molecule has 0 aromatic heterocycles. The summed E-state index contributed by atoms with van der Waals surface area (Å²) >= 11 is 0. The van der Waals surface area contributed by atoms with Crippen LogP contribution in [0.2, 0.25) is 0 Å². The van der Waals surface area contributed by atoms with Crippen LogP contribution in [0, 0.1) is 5.92 Å². The summed E-state index contributed by atoms with van der Waals surface area (Å²) in [6.45, 7) is 4.02. The Morgan fingerprint density at radius 2 is 2.05 bits per heavy atom. The van der Waals surface area contributed by atoms with Gasteiger partial charge in [0.2, 0.25) is 11.8 Å². The SMILES string of the molecule is CC(C)C(NC(=O)CNC(=O)C1CCCN1)C(=O)O. The van der Waals surface area contributed by atoms with E-state index in [4.69, 9.17) is 5.11 Å². The number of hydrogen-bond donors (Lipinski definition) is 4. The fourth-order valence-electron chi connectivity index (χ4n) is 1.94. The van der Waals surface area contributed by atoms with Gasteiger partial charge in [-0.25, -0.2) is 4.79 Å². The summed E-state index contributed by atoms with van der Waals surface area (Å²) in [5, 5.41) is 16.8. The molecular formula is C12H21N3O4. The highest BCUT2D eigenvalue weighted by molar-refractivity contribution is 5.89. The highest BCUT2D eigenvalue weighted by Gasteiger charge is 2.25. The van der Waals surface area contributed by atoms with Gasteiger partial charge in [0.05, 0.1) is 12.6 Å². The number of carboxylic acids is 1. The van der Waals surface area contributed by atoms with Crippen molar-refractivity contribution in [3.63, 3.8) is 0 Å². The molecule has 2 amide bonds. The normalized spacial score (nSPS) is 20.1. The molecule has 1 aliphatic heterocycles. The van der Waals surface area contributed by atoms with Crippen LogP contribution in [0.1, 0.15) is 26.7 Å². The van der Waals surface area contributed by atoms with E-state index in [2.05, 4.69) is 16.0 Å². The van der Waals surface area contributed by atoms with Crippen molar-refractivity contribution >= 4 is 17.8 Å². The van der Waals surface area contributed by atoms with Crippen molar-refractivity contribution in [3.8, 4) is 0 Å². The molecule has 0 bridgehead atoms. The average Bonchev–Trinajstić information content (AvgIpc) is 2.85. The molecule has 1 heterocycles. The largest absolute Gasteiger partial charge is 0.480 e. The van der Waals surface area contributed by atoms with Crippen molar-refractivity contribution in [2.24, 2.45) is 5.92 Å². The van der Waals surface area contributed by atoms with E-state index in [1.165, 1.54) is 0 Å². The van der Waals surface area contributed by atoms with Gasteiger partial charge < -0.3 is 21.1 Å². The lowest BCUT2D eigenvalue weighted by molar-refractivity contribution is -0.143. The molecule has 1 aliphatic rings. The number of carbonyl (C=O) groups excluding carboxylic acids is 2. The van der Waals surface area contributed by atoms with Crippen LogP contribution >= 0.6 is 0 Å². The minimum absolute atomic E-state index is 0.201. The van der Waals surface area contributed by atoms with E-state index >= 15 is 0 Å². The Labute approximate surface area is 112 Å². The van der Waals surface area contributed by atoms with Gasteiger partial charge in [0, 0.05) is 0 Å². The van der Waals surface area contributed by atoms with Crippen LogP contribution in [0.4, 0.5) is 0 Å². The van der Waals surface area contributed by atoms with E-state index in [0.29, 0.717) is 0 Å². The molecule has 7 heteroatoms. The number of amides is 2. The zero-order valence-electron chi connectivity index (χ0n) is 11.2. The molecule has 0 radical (unpaired) electrons. The van der Waals surface area contributed by atoms with E-state index in [1.54, 1.807) is 13.8 Å². The van der Waals surface area contributed by atoms with E-state index in [9.17, 15) is 14.4 Å². The van der Waals surface area contributed by atoms with Crippen molar-refractivity contribution < 1.29 is 19.5 Å². The Morgan fingerprint density at radius 3 is 2.53 bits per heavy atom. The Hall–Kier alpha value is -1.63. The summed E-state index contributed by atoms with van der Waals surface area (Å²) < 4.78 is 0. The topological polar surface area (TPSA) is 108 Å². The van der Waals surface area contributed by atoms with Gasteiger partial charge in [-0.2, -0.15) is 0 Å². The lowest BCUT2D eigenvalue weighted by Crippen LogP contribution is -2.49. The second kappa shape index (κ2) is 7.08. The van der Waals surface area contributed by atoms with E-state index in [0.717, 1.165) is 19.4 Å². The van der Waals surface area contributed by atoms with Crippen molar-refractivity contribution in [1.29, 1.82) is 0 Å². The lowest BCUT2D eigenvalue weighted by atomic mass is 10.1. The first-order valence-corrected chi connectivity index (χ1v) is 6.45. The van der Waals surface area contributed by atoms with Crippen LogP contribution in [0.3, 0.4) is 0 Å². The second-order valence-corrected chi connectivity index (χ2v) is 4.99. The fourth-order valence-corrected chi connectivity index (χ4v) is 1.94. The Balaban J connectivity index is 2.34. The minimum Gasteiger partial charge on any atom is -0.480 e. The molecule has 1 rings (SSSR count). The van der Waals surface area contributed by atoms with Gasteiger partial charge >= 0.3 is 5.97 Å². The predicted octanol–water partition coefficient (Wildman–Crippen LogP) is -0.920. The van der Waals surface area contributed by atoms with Crippen LogP contribution in [-0.2, 0) is 14.4 Å². The maximum absolute atomic E-state index is 11.6. The Kier molecular flexibility index (Phi) is 5.75. The molecular weight excluding hydrogens is 250 g/mol. The zero-order chi connectivity index (χ0) is 14.4. The first-order chi connectivity index (χ1) is 8.91. The molecule has 2 unspecified atom stereocenters. The van der Waals surface area contributed by atoms with Gasteiger partial charge in [-0.05, 0) is 25.3 Å². The molecule has 0 spiro atoms. The number of hydrogen-bond acceptors (Lipinski definition) is 4. The standard InChI is InChI=1S/C12H21N3O4/c1-7(2)10(12(18)19)15-9(16)6-14-11(17)8-4-3-5-13-8/h7-8,10,13H,3-6H2,1-2H3,(H,14,17)(H,15,16)(H,18,19). The van der Waals surface area contributed by atoms with Gasteiger partial charge in [0.15, 0.2) is 0 Å². The van der Waals surface area contributed by atoms with Crippen LogP contribution in [0.5, 0.6) is 0 Å². The van der Waals surface area contributed by atoms with Crippen molar-refractivity contribution in [1.82, 2.24) is 16.0 Å². The maximum Gasteiger partial charge on any atom is 0.326 e. The lowest BCUT2D eigenvalue weighted by Gasteiger charge is -2.18. The third-order valence-electron chi connectivity index (χ3n) is 3.05. The highest BCUT2D eigenvalue weighted by atomic mass is 16.4. The molecule has 19 heavy (non-hydrogen) atoms. The number of rotatable bonds is 6. The smallest absolute Gasteiger partial charge is 0.326 e. The summed E-state index contributed by atoms with van der Waals surface area (Å²) in [5.74, 6) is -2.00. The summed E-state index contributed by atoms with van der Waals surface area (Å²) in [7, 11) is 0. The van der Waals surface area contributed by atoms with Crippen molar-refractivity contribution in [2.75, 3.05) is 13.1 Å². The van der Waals surface area contributed by atoms with Crippen LogP contribution in [0.15, 0.2) is 0 Å². The average molecular weight is 271 g/mol. The molecule has 1 fully saturated rings. The zero-order valence-corrected chi connectivity index (χ0v) is 11.2. The minimum atomic E-state index is -1.08. The predicted molar refractivity (Wildman–Crippen MR) is 68.4 cm³/mol. The summed E-state index contributed by atoms with van der Waals surface area (Å²) in [6, 6.07) is -1.18. The Morgan fingerprint density at radius 1 is 1.37 bits per heavy atom. The molecule has 2 atom stereocenters.